The van der Waals surface area contributed by atoms with Crippen molar-refractivity contribution in [3.8, 4) is 0 Å². The average molecular weight is 466 g/mol. The van der Waals surface area contributed by atoms with E-state index in [1.807, 2.05) is 0 Å². The van der Waals surface area contributed by atoms with Gasteiger partial charge in [0.05, 0.1) is 19.1 Å². The van der Waals surface area contributed by atoms with E-state index in [-0.39, 0.29) is 31.5 Å². The fraction of sp³-hybridized carbons (Fsp3) is 0.667. The van der Waals surface area contributed by atoms with Crippen LogP contribution in [0.15, 0.2) is 15.8 Å². The average Bonchev–Trinajstić information content (AvgIpc) is 3.08. The normalized spacial score (nSPS) is 20.8. The number of aliphatic hydroxyl groups excluding tert-OH is 2. The highest BCUT2D eigenvalue weighted by Gasteiger charge is 2.38. The van der Waals surface area contributed by atoms with E-state index in [4.69, 9.17) is 9.84 Å². The summed E-state index contributed by atoms with van der Waals surface area (Å²) in [7, 11) is 0. The summed E-state index contributed by atoms with van der Waals surface area (Å²) >= 11 is 0. The lowest BCUT2D eigenvalue weighted by Gasteiger charge is -2.15. The number of nitrogens with one attached hydrogen (secondary N) is 3. The van der Waals surface area contributed by atoms with Gasteiger partial charge >= 0.3 is 17.8 Å². The molecule has 2 amide bonds. The molecular weight excluding hydrogens is 441 g/mol. The maximum atomic E-state index is 12.1. The molecule has 1 fully saturated rings. The van der Waals surface area contributed by atoms with Gasteiger partial charge in [0.25, 0.3) is 5.56 Å². The molecule has 11 nitrogen and oxygen atoms in total. The number of H-pyrrole nitrogens is 1. The summed E-state index contributed by atoms with van der Waals surface area (Å²) in [5, 5.41) is 23.3. The second-order valence-electron chi connectivity index (χ2n) is 7.28. The van der Waals surface area contributed by atoms with Gasteiger partial charge in [-0.25, -0.2) is 4.79 Å². The first kappa shape index (κ1) is 25.5. The van der Waals surface area contributed by atoms with Crippen LogP contribution in [0.1, 0.15) is 37.5 Å². The summed E-state index contributed by atoms with van der Waals surface area (Å²) in [6, 6.07) is 0. The monoisotopic (exact) mass is 466 g/mol. The van der Waals surface area contributed by atoms with E-state index in [2.05, 4.69) is 10.3 Å². The van der Waals surface area contributed by atoms with E-state index in [0.29, 0.717) is 19.3 Å². The molecule has 2 heterocycles. The zero-order valence-corrected chi connectivity index (χ0v) is 17.0. The molecule has 0 spiro atoms. The smallest absolute Gasteiger partial charge is 0.394 e. The van der Waals surface area contributed by atoms with Gasteiger partial charge in [-0.1, -0.05) is 0 Å². The van der Waals surface area contributed by atoms with E-state index in [1.165, 1.54) is 6.20 Å². The van der Waals surface area contributed by atoms with Gasteiger partial charge in [-0.15, -0.1) is 0 Å². The third kappa shape index (κ3) is 7.17. The Hall–Kier alpha value is -2.71. The molecule has 1 aliphatic heterocycles. The van der Waals surface area contributed by atoms with Crippen molar-refractivity contribution in [2.75, 3.05) is 19.7 Å². The number of hydrogen-bond acceptors (Lipinski definition) is 7. The van der Waals surface area contributed by atoms with Crippen LogP contribution in [-0.2, 0) is 20.7 Å². The molecular formula is C18H25F3N4O7. The number of alkyl halides is 3. The van der Waals surface area contributed by atoms with Crippen LogP contribution in [0.5, 0.6) is 0 Å². The molecule has 0 saturated carbocycles. The summed E-state index contributed by atoms with van der Waals surface area (Å²) < 4.78 is 42.5. The van der Waals surface area contributed by atoms with E-state index < -0.39 is 54.3 Å². The molecule has 32 heavy (non-hydrogen) atoms. The zero-order valence-electron chi connectivity index (χ0n) is 17.0. The number of hydrogen-bond donors (Lipinski definition) is 5. The van der Waals surface area contributed by atoms with Gasteiger partial charge in [-0.3, -0.25) is 23.9 Å². The number of ether oxygens (including phenoxy) is 1. The number of unbranched alkanes of at least 4 members (excludes halogenated alkanes) is 2. The molecule has 2 rings (SSSR count). The second-order valence-corrected chi connectivity index (χ2v) is 7.28. The highest BCUT2D eigenvalue weighted by molar-refractivity contribution is 5.81. The van der Waals surface area contributed by atoms with Gasteiger partial charge in [-0.2, -0.15) is 13.2 Å². The van der Waals surface area contributed by atoms with Crippen LogP contribution in [0.4, 0.5) is 13.2 Å². The molecule has 0 unspecified atom stereocenters. The van der Waals surface area contributed by atoms with Gasteiger partial charge in [0.15, 0.2) is 0 Å². The minimum Gasteiger partial charge on any atom is -0.394 e. The van der Waals surface area contributed by atoms with E-state index in [0.717, 1.165) is 4.57 Å². The highest BCUT2D eigenvalue weighted by Crippen LogP contribution is 2.27. The minimum atomic E-state index is -4.92. The van der Waals surface area contributed by atoms with Gasteiger partial charge < -0.3 is 25.6 Å². The number of aliphatic hydroxyl groups is 2. The van der Waals surface area contributed by atoms with Crippen LogP contribution >= 0.6 is 0 Å². The van der Waals surface area contributed by atoms with Crippen molar-refractivity contribution in [3.05, 3.63) is 32.6 Å². The molecule has 5 N–H and O–H groups in total. The lowest BCUT2D eigenvalue weighted by Crippen LogP contribution is -2.37. The molecule has 1 aliphatic rings. The summed E-state index contributed by atoms with van der Waals surface area (Å²) in [6.45, 7) is -0.377. The SMILES string of the molecule is O=C(Cc1cn([C@H]2C[C@H](O)[C@@H](CO)O2)c(=O)[nH]c1=O)NCCCCCNC(=O)C(F)(F)F. The number of carbonyl (C=O) groups excluding carboxylic acids is 2. The Morgan fingerprint density at radius 1 is 1.19 bits per heavy atom. The molecule has 0 bridgehead atoms. The number of rotatable bonds is 10. The van der Waals surface area contributed by atoms with Crippen molar-refractivity contribution < 1.29 is 37.7 Å². The Morgan fingerprint density at radius 2 is 1.84 bits per heavy atom. The minimum absolute atomic E-state index is 0.0116. The van der Waals surface area contributed by atoms with Crippen LogP contribution in [0.25, 0.3) is 0 Å². The van der Waals surface area contributed by atoms with Crippen LogP contribution < -0.4 is 21.9 Å². The predicted molar refractivity (Wildman–Crippen MR) is 103 cm³/mol. The van der Waals surface area contributed by atoms with Gasteiger partial charge in [0.1, 0.15) is 12.3 Å². The van der Waals surface area contributed by atoms with Crippen molar-refractivity contribution >= 4 is 11.8 Å². The van der Waals surface area contributed by atoms with Crippen LogP contribution in [-0.4, -0.2) is 69.7 Å². The van der Waals surface area contributed by atoms with Crippen molar-refractivity contribution in [2.45, 2.75) is 56.7 Å². The maximum Gasteiger partial charge on any atom is 0.471 e. The summed E-state index contributed by atoms with van der Waals surface area (Å²) in [5.41, 5.74) is -1.55. The summed E-state index contributed by atoms with van der Waals surface area (Å²) in [4.78, 5) is 48.9. The number of halogens is 3. The van der Waals surface area contributed by atoms with Crippen molar-refractivity contribution in [1.29, 1.82) is 0 Å². The Balaban J connectivity index is 1.79. The Bertz CT molecular complexity index is 915. The number of aromatic nitrogens is 2. The first-order chi connectivity index (χ1) is 15.0. The fourth-order valence-corrected chi connectivity index (χ4v) is 3.11. The first-order valence-corrected chi connectivity index (χ1v) is 9.93. The first-order valence-electron chi connectivity index (χ1n) is 9.93. The van der Waals surface area contributed by atoms with Crippen LogP contribution in [0.2, 0.25) is 0 Å². The molecule has 0 aliphatic carbocycles. The van der Waals surface area contributed by atoms with E-state index in [9.17, 15) is 37.5 Å². The third-order valence-corrected chi connectivity index (χ3v) is 4.81. The molecule has 180 valence electrons. The molecule has 1 saturated heterocycles. The lowest BCUT2D eigenvalue weighted by molar-refractivity contribution is -0.173. The maximum absolute atomic E-state index is 12.1. The number of amides is 2. The second kappa shape index (κ2) is 11.2. The van der Waals surface area contributed by atoms with Crippen molar-refractivity contribution in [1.82, 2.24) is 20.2 Å². The Kier molecular flexibility index (Phi) is 8.98. The van der Waals surface area contributed by atoms with Crippen LogP contribution in [0.3, 0.4) is 0 Å². The van der Waals surface area contributed by atoms with E-state index >= 15 is 0 Å². The Labute approximate surface area is 179 Å². The molecule has 3 atom stereocenters. The van der Waals surface area contributed by atoms with Crippen molar-refractivity contribution in [3.63, 3.8) is 0 Å². The molecule has 0 radical (unpaired) electrons. The zero-order chi connectivity index (χ0) is 23.9. The topological polar surface area (TPSA) is 163 Å². The molecule has 0 aromatic carbocycles. The molecule has 1 aromatic rings. The van der Waals surface area contributed by atoms with Gasteiger partial charge in [0.2, 0.25) is 5.91 Å². The number of carbonyl (C=O) groups is 2. The third-order valence-electron chi connectivity index (χ3n) is 4.81. The predicted octanol–water partition coefficient (Wildman–Crippen LogP) is -1.32. The Morgan fingerprint density at radius 3 is 2.44 bits per heavy atom. The quantitative estimate of drug-likeness (QED) is 0.267. The number of aromatic amines is 1. The standard InChI is InChI=1S/C18H25F3N4O7/c19-18(20,21)16(30)23-5-3-1-2-4-22-13(28)6-10-8-25(17(31)24-15(10)29)14-7-11(27)12(9-26)32-14/h8,11-12,14,26-27H,1-7,9H2,(H,22,28)(H,23,30)(H,24,29,31)/t11-,12+,14+/m0/s1. The van der Waals surface area contributed by atoms with E-state index in [1.54, 1.807) is 5.32 Å². The highest BCUT2D eigenvalue weighted by atomic mass is 19.4. The molecule has 1 aromatic heterocycles. The van der Waals surface area contributed by atoms with Gasteiger partial charge in [-0.05, 0) is 19.3 Å². The van der Waals surface area contributed by atoms with Crippen molar-refractivity contribution in [2.24, 2.45) is 0 Å². The summed E-state index contributed by atoms with van der Waals surface area (Å²) in [5.74, 6) is -2.51. The largest absolute Gasteiger partial charge is 0.471 e. The van der Waals surface area contributed by atoms with Gasteiger partial charge in [0, 0.05) is 31.3 Å². The van der Waals surface area contributed by atoms with Crippen LogP contribution in [0, 0.1) is 0 Å². The lowest BCUT2D eigenvalue weighted by atomic mass is 10.2. The summed E-state index contributed by atoms with van der Waals surface area (Å²) in [6.07, 6.45) is -5.64. The number of nitrogens with zero attached hydrogens (tertiary/aromatic N) is 1. The molecule has 14 heteroatoms. The fourth-order valence-electron chi connectivity index (χ4n) is 3.11.